The first kappa shape index (κ1) is 21.5. The number of rotatable bonds is 9. The Balaban J connectivity index is 1.77. The molecular formula is C25H35N3O. The fourth-order valence-corrected chi connectivity index (χ4v) is 4.26. The Hall–Kier alpha value is -2.20. The molecule has 0 bridgehead atoms. The van der Waals surface area contributed by atoms with Crippen molar-refractivity contribution in [2.24, 2.45) is 11.7 Å². The fourth-order valence-electron chi connectivity index (χ4n) is 4.26. The van der Waals surface area contributed by atoms with Gasteiger partial charge in [0.2, 0.25) is 0 Å². The third-order valence-corrected chi connectivity index (χ3v) is 6.07. The lowest BCUT2D eigenvalue weighted by Gasteiger charge is -2.27. The van der Waals surface area contributed by atoms with Crippen LogP contribution in [0.1, 0.15) is 91.5 Å². The Morgan fingerprint density at radius 3 is 2.59 bits per heavy atom. The van der Waals surface area contributed by atoms with Crippen LogP contribution < -0.4 is 11.1 Å². The molecule has 3 N–H and O–H groups in total. The molecule has 1 saturated carbocycles. The topological polar surface area (TPSA) is 68.0 Å². The minimum atomic E-state index is -0.0404. The van der Waals surface area contributed by atoms with Gasteiger partial charge in [0.05, 0.1) is 11.7 Å². The quantitative estimate of drug-likeness (QED) is 0.605. The van der Waals surface area contributed by atoms with Crippen LogP contribution in [0.4, 0.5) is 0 Å². The molecule has 3 rings (SSSR count). The highest BCUT2D eigenvalue weighted by Crippen LogP contribution is 2.32. The lowest BCUT2D eigenvalue weighted by Crippen LogP contribution is -2.31. The minimum absolute atomic E-state index is 0.0323. The van der Waals surface area contributed by atoms with Gasteiger partial charge in [0, 0.05) is 18.3 Å². The number of amides is 1. The molecule has 156 valence electrons. The molecule has 1 fully saturated rings. The summed E-state index contributed by atoms with van der Waals surface area (Å²) in [4.78, 5) is 17.6. The van der Waals surface area contributed by atoms with E-state index in [2.05, 4.69) is 29.4 Å². The van der Waals surface area contributed by atoms with E-state index in [0.29, 0.717) is 18.0 Å². The van der Waals surface area contributed by atoms with Crippen LogP contribution in [0.15, 0.2) is 42.6 Å². The molecule has 1 aromatic carbocycles. The van der Waals surface area contributed by atoms with E-state index in [1.807, 2.05) is 30.5 Å². The third-order valence-electron chi connectivity index (χ3n) is 6.07. The van der Waals surface area contributed by atoms with Gasteiger partial charge in [-0.15, -0.1) is 0 Å². The maximum atomic E-state index is 13.0. The van der Waals surface area contributed by atoms with E-state index >= 15 is 0 Å². The number of aromatic nitrogens is 1. The number of benzene rings is 1. The van der Waals surface area contributed by atoms with Gasteiger partial charge in [-0.05, 0) is 60.6 Å². The van der Waals surface area contributed by atoms with Crippen molar-refractivity contribution in [1.29, 1.82) is 0 Å². The van der Waals surface area contributed by atoms with Gasteiger partial charge in [0.25, 0.3) is 5.91 Å². The van der Waals surface area contributed by atoms with E-state index in [1.54, 1.807) is 0 Å². The molecule has 4 heteroatoms. The summed E-state index contributed by atoms with van der Waals surface area (Å²) in [7, 11) is 0. The third kappa shape index (κ3) is 6.40. The van der Waals surface area contributed by atoms with Gasteiger partial charge in [0.15, 0.2) is 0 Å². The standard InChI is InChI=1S/C25H35N3O/c1-2-3-7-20-14-15-27-23(16-20)24(17-19-8-5-4-6-9-19)28-25(29)22-12-10-21(18-26)11-13-22/h10-16,19,24H,2-9,17-18,26H2,1H3,(H,28,29)/t24-/m0/s1. The van der Waals surface area contributed by atoms with Crippen molar-refractivity contribution in [2.45, 2.75) is 77.3 Å². The average Bonchev–Trinajstić information content (AvgIpc) is 2.78. The van der Waals surface area contributed by atoms with Crippen molar-refractivity contribution < 1.29 is 4.79 Å². The van der Waals surface area contributed by atoms with E-state index in [-0.39, 0.29) is 11.9 Å². The van der Waals surface area contributed by atoms with Crippen LogP contribution >= 0.6 is 0 Å². The predicted octanol–water partition coefficient (Wildman–Crippen LogP) is 5.32. The second kappa shape index (κ2) is 11.1. The van der Waals surface area contributed by atoms with Crippen molar-refractivity contribution in [1.82, 2.24) is 10.3 Å². The van der Waals surface area contributed by atoms with Crippen LogP contribution in [0, 0.1) is 5.92 Å². The molecule has 0 radical (unpaired) electrons. The number of nitrogens with zero attached hydrogens (tertiary/aromatic N) is 1. The molecule has 0 unspecified atom stereocenters. The zero-order chi connectivity index (χ0) is 20.5. The van der Waals surface area contributed by atoms with Crippen molar-refractivity contribution in [3.05, 3.63) is 65.0 Å². The maximum Gasteiger partial charge on any atom is 0.251 e. The number of carbonyl (C=O) groups is 1. The molecule has 0 saturated heterocycles. The van der Waals surface area contributed by atoms with Gasteiger partial charge >= 0.3 is 0 Å². The minimum Gasteiger partial charge on any atom is -0.344 e. The molecule has 1 aliphatic rings. The summed E-state index contributed by atoms with van der Waals surface area (Å²) in [5, 5.41) is 3.29. The van der Waals surface area contributed by atoms with Crippen molar-refractivity contribution >= 4 is 5.91 Å². The monoisotopic (exact) mass is 393 g/mol. The van der Waals surface area contributed by atoms with E-state index in [1.165, 1.54) is 50.5 Å². The first-order valence-corrected chi connectivity index (χ1v) is 11.2. The molecule has 1 aliphatic carbocycles. The van der Waals surface area contributed by atoms with Crippen molar-refractivity contribution in [2.75, 3.05) is 0 Å². The molecule has 0 aliphatic heterocycles. The van der Waals surface area contributed by atoms with Crippen molar-refractivity contribution in [3.63, 3.8) is 0 Å². The van der Waals surface area contributed by atoms with Gasteiger partial charge in [-0.2, -0.15) is 0 Å². The first-order chi connectivity index (χ1) is 14.2. The second-order valence-electron chi connectivity index (χ2n) is 8.36. The van der Waals surface area contributed by atoms with Crippen LogP contribution in [-0.2, 0) is 13.0 Å². The summed E-state index contributed by atoms with van der Waals surface area (Å²) in [6, 6.07) is 11.8. The molecular weight excluding hydrogens is 358 g/mol. The normalized spacial score (nSPS) is 15.8. The van der Waals surface area contributed by atoms with Gasteiger partial charge in [-0.3, -0.25) is 9.78 Å². The highest BCUT2D eigenvalue weighted by molar-refractivity contribution is 5.94. The molecule has 1 amide bonds. The van der Waals surface area contributed by atoms with Crippen LogP contribution in [-0.4, -0.2) is 10.9 Å². The maximum absolute atomic E-state index is 13.0. The van der Waals surface area contributed by atoms with E-state index in [4.69, 9.17) is 5.73 Å². The smallest absolute Gasteiger partial charge is 0.251 e. The molecule has 1 heterocycles. The SMILES string of the molecule is CCCCc1ccnc([C@H](CC2CCCCC2)NC(=O)c2ccc(CN)cc2)c1. The number of carbonyl (C=O) groups excluding carboxylic acids is 1. The Kier molecular flexibility index (Phi) is 8.24. The Bertz CT molecular complexity index is 766. The number of hydrogen-bond donors (Lipinski definition) is 2. The first-order valence-electron chi connectivity index (χ1n) is 11.2. The average molecular weight is 394 g/mol. The lowest BCUT2D eigenvalue weighted by atomic mass is 9.84. The zero-order valence-corrected chi connectivity index (χ0v) is 17.7. The van der Waals surface area contributed by atoms with Crippen LogP contribution in [0.2, 0.25) is 0 Å². The van der Waals surface area contributed by atoms with Gasteiger partial charge in [0.1, 0.15) is 0 Å². The highest BCUT2D eigenvalue weighted by Gasteiger charge is 2.23. The second-order valence-corrected chi connectivity index (χ2v) is 8.36. The number of nitrogens with one attached hydrogen (secondary N) is 1. The van der Waals surface area contributed by atoms with Crippen LogP contribution in [0.5, 0.6) is 0 Å². The number of nitrogens with two attached hydrogens (primary N) is 1. The van der Waals surface area contributed by atoms with Gasteiger partial charge in [-0.25, -0.2) is 0 Å². The summed E-state index contributed by atoms with van der Waals surface area (Å²) in [5.41, 5.74) is 9.70. The van der Waals surface area contributed by atoms with Gasteiger partial charge in [-0.1, -0.05) is 57.6 Å². The number of aryl methyl sites for hydroxylation is 1. The Morgan fingerprint density at radius 2 is 1.90 bits per heavy atom. The summed E-state index contributed by atoms with van der Waals surface area (Å²) in [5.74, 6) is 0.630. The fraction of sp³-hybridized carbons (Fsp3) is 0.520. The Morgan fingerprint density at radius 1 is 1.14 bits per heavy atom. The zero-order valence-electron chi connectivity index (χ0n) is 17.7. The Labute approximate surface area is 175 Å². The lowest BCUT2D eigenvalue weighted by molar-refractivity contribution is 0.0927. The van der Waals surface area contributed by atoms with Crippen LogP contribution in [0.3, 0.4) is 0 Å². The molecule has 1 aromatic heterocycles. The molecule has 1 atom stereocenters. The van der Waals surface area contributed by atoms with E-state index in [9.17, 15) is 4.79 Å². The molecule has 0 spiro atoms. The van der Waals surface area contributed by atoms with Gasteiger partial charge < -0.3 is 11.1 Å². The summed E-state index contributed by atoms with van der Waals surface area (Å²) < 4.78 is 0. The number of pyridine rings is 1. The molecule has 4 nitrogen and oxygen atoms in total. The summed E-state index contributed by atoms with van der Waals surface area (Å²) in [6.45, 7) is 2.70. The molecule has 29 heavy (non-hydrogen) atoms. The molecule has 2 aromatic rings. The van der Waals surface area contributed by atoms with E-state index in [0.717, 1.165) is 24.1 Å². The van der Waals surface area contributed by atoms with E-state index < -0.39 is 0 Å². The highest BCUT2D eigenvalue weighted by atomic mass is 16.1. The largest absolute Gasteiger partial charge is 0.344 e. The van der Waals surface area contributed by atoms with Crippen molar-refractivity contribution in [3.8, 4) is 0 Å². The number of hydrogen-bond acceptors (Lipinski definition) is 3. The predicted molar refractivity (Wildman–Crippen MR) is 119 cm³/mol. The number of unbranched alkanes of at least 4 members (excludes halogenated alkanes) is 1. The summed E-state index contributed by atoms with van der Waals surface area (Å²) >= 11 is 0. The van der Waals surface area contributed by atoms with Crippen LogP contribution in [0.25, 0.3) is 0 Å². The summed E-state index contributed by atoms with van der Waals surface area (Å²) in [6.07, 6.45) is 12.7.